The van der Waals surface area contributed by atoms with Crippen LogP contribution in [0.3, 0.4) is 0 Å². The first-order valence-corrected chi connectivity index (χ1v) is 8.30. The first-order chi connectivity index (χ1) is 13.2. The number of para-hydroxylation sites is 1. The third-order valence-corrected chi connectivity index (χ3v) is 3.97. The van der Waals surface area contributed by atoms with Crippen LogP contribution in [0.15, 0.2) is 78.9 Å². The third kappa shape index (κ3) is 4.59. The average Bonchev–Trinajstić information content (AvgIpc) is 2.72. The van der Waals surface area contributed by atoms with Gasteiger partial charge in [-0.15, -0.1) is 0 Å². The first kappa shape index (κ1) is 17.9. The minimum absolute atomic E-state index is 0.0450. The molecule has 5 nitrogen and oxygen atoms in total. The zero-order valence-corrected chi connectivity index (χ0v) is 14.4. The van der Waals surface area contributed by atoms with E-state index >= 15 is 0 Å². The lowest BCUT2D eigenvalue weighted by Crippen LogP contribution is -1.97. The molecule has 3 aromatic carbocycles. The Kier molecular flexibility index (Phi) is 5.60. The van der Waals surface area contributed by atoms with Crippen molar-refractivity contribution >= 4 is 17.3 Å². The third-order valence-electron chi connectivity index (χ3n) is 3.97. The molecule has 0 spiro atoms. The SMILES string of the molecule is N#C/C(=C/c1ccccc1OCc1ccc([N+](=O)[O-])cc1)c1ccccc1. The van der Waals surface area contributed by atoms with E-state index in [2.05, 4.69) is 6.07 Å². The lowest BCUT2D eigenvalue weighted by Gasteiger charge is -2.10. The minimum Gasteiger partial charge on any atom is -0.488 e. The highest BCUT2D eigenvalue weighted by atomic mass is 16.6. The van der Waals surface area contributed by atoms with Gasteiger partial charge in [0.05, 0.1) is 16.6 Å². The summed E-state index contributed by atoms with van der Waals surface area (Å²) in [7, 11) is 0. The molecule has 0 aliphatic rings. The van der Waals surface area contributed by atoms with Gasteiger partial charge in [0.25, 0.3) is 5.69 Å². The van der Waals surface area contributed by atoms with Gasteiger partial charge in [-0.3, -0.25) is 10.1 Å². The van der Waals surface area contributed by atoms with Gasteiger partial charge in [-0.2, -0.15) is 5.26 Å². The van der Waals surface area contributed by atoms with Crippen molar-refractivity contribution in [2.75, 3.05) is 0 Å². The highest BCUT2D eigenvalue weighted by molar-refractivity contribution is 5.90. The predicted octanol–water partition coefficient (Wildman–Crippen LogP) is 5.24. The topological polar surface area (TPSA) is 76.2 Å². The minimum atomic E-state index is -0.433. The molecule has 27 heavy (non-hydrogen) atoms. The van der Waals surface area contributed by atoms with Crippen LogP contribution in [0.25, 0.3) is 11.6 Å². The molecule has 0 aliphatic carbocycles. The zero-order chi connectivity index (χ0) is 19.1. The van der Waals surface area contributed by atoms with Gasteiger partial charge in [-0.1, -0.05) is 48.5 Å². The van der Waals surface area contributed by atoms with Crippen molar-refractivity contribution in [2.24, 2.45) is 0 Å². The normalized spacial score (nSPS) is 10.9. The highest BCUT2D eigenvalue weighted by Crippen LogP contribution is 2.25. The van der Waals surface area contributed by atoms with E-state index in [1.165, 1.54) is 12.1 Å². The molecular formula is C22H16N2O3. The van der Waals surface area contributed by atoms with E-state index in [0.29, 0.717) is 11.3 Å². The van der Waals surface area contributed by atoms with Crippen molar-refractivity contribution in [1.29, 1.82) is 5.26 Å². The first-order valence-electron chi connectivity index (χ1n) is 8.30. The van der Waals surface area contributed by atoms with Crippen molar-refractivity contribution in [3.63, 3.8) is 0 Å². The van der Waals surface area contributed by atoms with E-state index in [9.17, 15) is 15.4 Å². The summed E-state index contributed by atoms with van der Waals surface area (Å²) in [4.78, 5) is 10.3. The van der Waals surface area contributed by atoms with E-state index in [1.54, 1.807) is 18.2 Å². The van der Waals surface area contributed by atoms with Gasteiger partial charge in [-0.25, -0.2) is 0 Å². The van der Waals surface area contributed by atoms with Crippen LogP contribution in [-0.2, 0) is 6.61 Å². The summed E-state index contributed by atoms with van der Waals surface area (Å²) in [5.74, 6) is 0.638. The number of nitro groups is 1. The number of hydrogen-bond acceptors (Lipinski definition) is 4. The number of ether oxygens (including phenoxy) is 1. The molecule has 0 fully saturated rings. The molecule has 0 saturated heterocycles. The summed E-state index contributed by atoms with van der Waals surface area (Å²) < 4.78 is 5.88. The van der Waals surface area contributed by atoms with Gasteiger partial charge in [0.2, 0.25) is 0 Å². The van der Waals surface area contributed by atoms with Crippen LogP contribution in [0.2, 0.25) is 0 Å². The summed E-state index contributed by atoms with van der Waals surface area (Å²) >= 11 is 0. The second-order valence-corrected chi connectivity index (χ2v) is 5.79. The van der Waals surface area contributed by atoms with Crippen LogP contribution in [0.1, 0.15) is 16.7 Å². The van der Waals surface area contributed by atoms with Crippen LogP contribution in [0.4, 0.5) is 5.69 Å². The number of nitrogens with zero attached hydrogens (tertiary/aromatic N) is 2. The fourth-order valence-corrected chi connectivity index (χ4v) is 2.56. The molecule has 0 aromatic heterocycles. The van der Waals surface area contributed by atoms with Gasteiger partial charge in [0.1, 0.15) is 12.4 Å². The molecule has 0 amide bonds. The highest BCUT2D eigenvalue weighted by Gasteiger charge is 2.07. The molecular weight excluding hydrogens is 340 g/mol. The molecule has 0 unspecified atom stereocenters. The number of benzene rings is 3. The van der Waals surface area contributed by atoms with E-state index in [1.807, 2.05) is 54.6 Å². The largest absolute Gasteiger partial charge is 0.488 e. The van der Waals surface area contributed by atoms with Crippen LogP contribution in [-0.4, -0.2) is 4.92 Å². The van der Waals surface area contributed by atoms with Crippen molar-refractivity contribution in [3.8, 4) is 11.8 Å². The smallest absolute Gasteiger partial charge is 0.269 e. The maximum Gasteiger partial charge on any atom is 0.269 e. The van der Waals surface area contributed by atoms with E-state index in [4.69, 9.17) is 4.74 Å². The Balaban J connectivity index is 1.81. The number of rotatable bonds is 6. The Morgan fingerprint density at radius 2 is 1.67 bits per heavy atom. The summed E-state index contributed by atoms with van der Waals surface area (Å²) in [5.41, 5.74) is 3.04. The molecule has 3 rings (SSSR count). The number of nitriles is 1. The van der Waals surface area contributed by atoms with Gasteiger partial charge in [0, 0.05) is 17.7 Å². The van der Waals surface area contributed by atoms with Gasteiger partial charge in [-0.05, 0) is 35.4 Å². The zero-order valence-electron chi connectivity index (χ0n) is 14.4. The van der Waals surface area contributed by atoms with Crippen molar-refractivity contribution in [3.05, 3.63) is 106 Å². The Hall–Kier alpha value is -3.91. The standard InChI is InChI=1S/C22H16N2O3/c23-15-20(18-6-2-1-3-7-18)14-19-8-4-5-9-22(19)27-16-17-10-12-21(13-11-17)24(25)26/h1-14H,16H2/b20-14-. The molecule has 0 heterocycles. The monoisotopic (exact) mass is 356 g/mol. The average molecular weight is 356 g/mol. The van der Waals surface area contributed by atoms with Gasteiger partial charge in [0.15, 0.2) is 0 Å². The molecule has 3 aromatic rings. The fourth-order valence-electron chi connectivity index (χ4n) is 2.56. The van der Waals surface area contributed by atoms with Crippen molar-refractivity contribution < 1.29 is 9.66 Å². The molecule has 0 N–H and O–H groups in total. The Morgan fingerprint density at radius 1 is 1.00 bits per heavy atom. The molecule has 0 saturated carbocycles. The molecule has 0 atom stereocenters. The van der Waals surface area contributed by atoms with Gasteiger partial charge < -0.3 is 4.74 Å². The van der Waals surface area contributed by atoms with Crippen LogP contribution >= 0.6 is 0 Å². The predicted molar refractivity (Wildman–Crippen MR) is 104 cm³/mol. The lowest BCUT2D eigenvalue weighted by atomic mass is 10.0. The second kappa shape index (κ2) is 8.45. The maximum atomic E-state index is 10.7. The number of allylic oxidation sites excluding steroid dienone is 1. The summed E-state index contributed by atoms with van der Waals surface area (Å²) in [6.07, 6.45) is 1.79. The quantitative estimate of drug-likeness (QED) is 0.262. The Labute approximate surface area is 156 Å². The number of hydrogen-bond donors (Lipinski definition) is 0. The molecule has 0 radical (unpaired) electrons. The second-order valence-electron chi connectivity index (χ2n) is 5.79. The fraction of sp³-hybridized carbons (Fsp3) is 0.0455. The molecule has 0 aliphatic heterocycles. The van der Waals surface area contributed by atoms with Crippen molar-refractivity contribution in [1.82, 2.24) is 0 Å². The van der Waals surface area contributed by atoms with E-state index in [-0.39, 0.29) is 12.3 Å². The Morgan fingerprint density at radius 3 is 2.33 bits per heavy atom. The Bertz CT molecular complexity index is 1000. The maximum absolute atomic E-state index is 10.7. The molecule has 132 valence electrons. The number of non-ortho nitro benzene ring substituents is 1. The summed E-state index contributed by atoms with van der Waals surface area (Å²) in [6.45, 7) is 0.274. The van der Waals surface area contributed by atoms with E-state index in [0.717, 1.165) is 16.7 Å². The van der Waals surface area contributed by atoms with Gasteiger partial charge >= 0.3 is 0 Å². The molecule has 5 heteroatoms. The molecule has 0 bridgehead atoms. The van der Waals surface area contributed by atoms with E-state index < -0.39 is 4.92 Å². The van der Waals surface area contributed by atoms with Crippen molar-refractivity contribution in [2.45, 2.75) is 6.61 Å². The van der Waals surface area contributed by atoms with Crippen LogP contribution < -0.4 is 4.74 Å². The van der Waals surface area contributed by atoms with Crippen LogP contribution in [0, 0.1) is 21.4 Å². The summed E-state index contributed by atoms with van der Waals surface area (Å²) in [5, 5.41) is 20.2. The lowest BCUT2D eigenvalue weighted by molar-refractivity contribution is -0.384. The number of nitro benzene ring substituents is 1. The summed E-state index contributed by atoms with van der Waals surface area (Å²) in [6, 6.07) is 25.4. The van der Waals surface area contributed by atoms with Crippen LogP contribution in [0.5, 0.6) is 5.75 Å².